The zero-order valence-electron chi connectivity index (χ0n) is 21.3. The summed E-state index contributed by atoms with van der Waals surface area (Å²) in [6.07, 6.45) is 0. The molecule has 2 heterocycles. The van der Waals surface area contributed by atoms with E-state index in [1.54, 1.807) is 0 Å². The van der Waals surface area contributed by atoms with Gasteiger partial charge in [-0.2, -0.15) is 0 Å². The van der Waals surface area contributed by atoms with E-state index in [1.807, 2.05) is 60.7 Å². The molecule has 5 aromatic rings. The molecule has 0 spiro atoms. The van der Waals surface area contributed by atoms with Crippen LogP contribution in [0.4, 0.5) is 0 Å². The van der Waals surface area contributed by atoms with Gasteiger partial charge in [0.25, 0.3) is 0 Å². The first kappa shape index (κ1) is 24.2. The standard InChI is InChI=1S/C33H31N3O2/c1-4-11-26(12-5-1)33(27-13-6-2-7-14-27)36-21-19-35(20-22-36)25-31-24-32(34-38-31)28-15-10-18-30(23-28)37-29-16-8-3-9-17-29/h1-18,23-24,33H,19-22,25H2. The van der Waals surface area contributed by atoms with Gasteiger partial charge in [0.15, 0.2) is 5.76 Å². The zero-order valence-corrected chi connectivity index (χ0v) is 21.3. The summed E-state index contributed by atoms with van der Waals surface area (Å²) in [4.78, 5) is 5.04. The molecular weight excluding hydrogens is 470 g/mol. The Morgan fingerprint density at radius 1 is 0.658 bits per heavy atom. The van der Waals surface area contributed by atoms with Crippen LogP contribution in [0, 0.1) is 0 Å². The first-order valence-corrected chi connectivity index (χ1v) is 13.2. The molecule has 0 atom stereocenters. The van der Waals surface area contributed by atoms with Crippen molar-refractivity contribution in [2.75, 3.05) is 26.2 Å². The summed E-state index contributed by atoms with van der Waals surface area (Å²) in [7, 11) is 0. The van der Waals surface area contributed by atoms with Crippen LogP contribution in [0.5, 0.6) is 11.5 Å². The summed E-state index contributed by atoms with van der Waals surface area (Å²) < 4.78 is 11.7. The van der Waals surface area contributed by atoms with Crippen molar-refractivity contribution in [2.45, 2.75) is 12.6 Å². The van der Waals surface area contributed by atoms with Crippen molar-refractivity contribution >= 4 is 0 Å². The molecular formula is C33H31N3O2. The predicted octanol–water partition coefficient (Wildman–Crippen LogP) is 7.04. The second-order valence-corrected chi connectivity index (χ2v) is 9.66. The van der Waals surface area contributed by atoms with Crippen LogP contribution in [0.25, 0.3) is 11.3 Å². The molecule has 0 N–H and O–H groups in total. The molecule has 38 heavy (non-hydrogen) atoms. The summed E-state index contributed by atoms with van der Waals surface area (Å²) in [6, 6.07) is 41.7. The van der Waals surface area contributed by atoms with Crippen molar-refractivity contribution in [1.82, 2.24) is 15.0 Å². The van der Waals surface area contributed by atoms with Crippen molar-refractivity contribution in [3.8, 4) is 22.8 Å². The number of rotatable bonds is 8. The minimum atomic E-state index is 0.266. The predicted molar refractivity (Wildman–Crippen MR) is 150 cm³/mol. The van der Waals surface area contributed by atoms with E-state index in [9.17, 15) is 0 Å². The van der Waals surface area contributed by atoms with Gasteiger partial charge in [0.05, 0.1) is 12.6 Å². The Kier molecular flexibility index (Phi) is 7.29. The van der Waals surface area contributed by atoms with E-state index < -0.39 is 0 Å². The van der Waals surface area contributed by atoms with Crippen LogP contribution in [-0.2, 0) is 6.54 Å². The van der Waals surface area contributed by atoms with Crippen LogP contribution in [-0.4, -0.2) is 41.1 Å². The molecule has 0 unspecified atom stereocenters. The summed E-state index contributed by atoms with van der Waals surface area (Å²) in [5.41, 5.74) is 4.48. The van der Waals surface area contributed by atoms with Crippen LogP contribution < -0.4 is 4.74 Å². The van der Waals surface area contributed by atoms with Crippen molar-refractivity contribution in [2.24, 2.45) is 0 Å². The van der Waals surface area contributed by atoms with Crippen LogP contribution in [0.15, 0.2) is 126 Å². The lowest BCUT2D eigenvalue weighted by molar-refractivity contribution is 0.0980. The number of para-hydroxylation sites is 1. The normalized spacial score (nSPS) is 14.6. The SMILES string of the molecule is c1ccc(Oc2cccc(-c3cc(CN4CCN(C(c5ccccc5)c5ccccc5)CC4)on3)c2)cc1. The lowest BCUT2D eigenvalue weighted by Crippen LogP contribution is -2.47. The second kappa shape index (κ2) is 11.5. The number of piperazine rings is 1. The van der Waals surface area contributed by atoms with Crippen LogP contribution in [0.1, 0.15) is 22.9 Å². The van der Waals surface area contributed by atoms with E-state index in [1.165, 1.54) is 11.1 Å². The molecule has 1 saturated heterocycles. The fraction of sp³-hybridized carbons (Fsp3) is 0.182. The van der Waals surface area contributed by atoms with Gasteiger partial charge in [-0.1, -0.05) is 96.2 Å². The lowest BCUT2D eigenvalue weighted by Gasteiger charge is -2.39. The molecule has 4 aromatic carbocycles. The van der Waals surface area contributed by atoms with Gasteiger partial charge in [-0.3, -0.25) is 9.80 Å². The Hall–Kier alpha value is -4.19. The lowest BCUT2D eigenvalue weighted by atomic mass is 9.96. The van der Waals surface area contributed by atoms with Gasteiger partial charge in [-0.05, 0) is 35.4 Å². The van der Waals surface area contributed by atoms with E-state index in [0.717, 1.165) is 61.2 Å². The van der Waals surface area contributed by atoms with Crippen molar-refractivity contribution in [1.29, 1.82) is 0 Å². The Bertz CT molecular complexity index is 1390. The van der Waals surface area contributed by atoms with E-state index in [2.05, 4.69) is 75.6 Å². The number of ether oxygens (including phenoxy) is 1. The molecule has 0 saturated carbocycles. The van der Waals surface area contributed by atoms with Crippen LogP contribution in [0.3, 0.4) is 0 Å². The quantitative estimate of drug-likeness (QED) is 0.228. The summed E-state index contributed by atoms with van der Waals surface area (Å²) in [5, 5.41) is 4.35. The topological polar surface area (TPSA) is 41.7 Å². The van der Waals surface area contributed by atoms with Crippen LogP contribution in [0.2, 0.25) is 0 Å². The Labute approximate surface area is 223 Å². The number of hydrogen-bond acceptors (Lipinski definition) is 5. The summed E-state index contributed by atoms with van der Waals surface area (Å²) >= 11 is 0. The highest BCUT2D eigenvalue weighted by Crippen LogP contribution is 2.30. The first-order chi connectivity index (χ1) is 18.8. The van der Waals surface area contributed by atoms with Crippen molar-refractivity contribution in [3.63, 3.8) is 0 Å². The van der Waals surface area contributed by atoms with Crippen molar-refractivity contribution in [3.05, 3.63) is 138 Å². The average Bonchev–Trinajstić information content (AvgIpc) is 3.45. The number of hydrogen-bond donors (Lipinski definition) is 0. The maximum Gasteiger partial charge on any atom is 0.151 e. The van der Waals surface area contributed by atoms with Gasteiger partial charge in [-0.25, -0.2) is 0 Å². The largest absolute Gasteiger partial charge is 0.457 e. The molecule has 190 valence electrons. The van der Waals surface area contributed by atoms with E-state index >= 15 is 0 Å². The first-order valence-electron chi connectivity index (χ1n) is 13.2. The smallest absolute Gasteiger partial charge is 0.151 e. The molecule has 5 nitrogen and oxygen atoms in total. The second-order valence-electron chi connectivity index (χ2n) is 9.66. The highest BCUT2D eigenvalue weighted by atomic mass is 16.5. The number of benzene rings is 4. The summed E-state index contributed by atoms with van der Waals surface area (Å²) in [5.74, 6) is 2.47. The third-order valence-corrected chi connectivity index (χ3v) is 7.05. The fourth-order valence-electron chi connectivity index (χ4n) is 5.15. The highest BCUT2D eigenvalue weighted by molar-refractivity contribution is 5.61. The number of aromatic nitrogens is 1. The van der Waals surface area contributed by atoms with E-state index in [4.69, 9.17) is 9.26 Å². The maximum absolute atomic E-state index is 5.99. The molecule has 1 fully saturated rings. The molecule has 0 amide bonds. The Morgan fingerprint density at radius 2 is 1.26 bits per heavy atom. The van der Waals surface area contributed by atoms with E-state index in [-0.39, 0.29) is 6.04 Å². The molecule has 0 aliphatic carbocycles. The highest BCUT2D eigenvalue weighted by Gasteiger charge is 2.26. The van der Waals surface area contributed by atoms with Crippen molar-refractivity contribution < 1.29 is 9.26 Å². The number of nitrogens with zero attached hydrogens (tertiary/aromatic N) is 3. The van der Waals surface area contributed by atoms with Crippen LogP contribution >= 0.6 is 0 Å². The van der Waals surface area contributed by atoms with E-state index in [0.29, 0.717) is 0 Å². The fourth-order valence-corrected chi connectivity index (χ4v) is 5.15. The van der Waals surface area contributed by atoms with Gasteiger partial charge < -0.3 is 9.26 Å². The molecule has 1 aromatic heterocycles. The minimum absolute atomic E-state index is 0.266. The molecule has 1 aliphatic rings. The minimum Gasteiger partial charge on any atom is -0.457 e. The van der Waals surface area contributed by atoms with Gasteiger partial charge in [0.1, 0.15) is 17.2 Å². The Morgan fingerprint density at radius 3 is 1.92 bits per heavy atom. The molecule has 6 rings (SSSR count). The molecule has 1 aliphatic heterocycles. The van der Waals surface area contributed by atoms with Gasteiger partial charge in [-0.15, -0.1) is 0 Å². The zero-order chi connectivity index (χ0) is 25.6. The molecule has 5 heteroatoms. The molecule has 0 bridgehead atoms. The molecule has 0 radical (unpaired) electrons. The average molecular weight is 502 g/mol. The van der Waals surface area contributed by atoms with Gasteiger partial charge >= 0.3 is 0 Å². The third-order valence-electron chi connectivity index (χ3n) is 7.05. The Balaban J connectivity index is 1.10. The van der Waals surface area contributed by atoms with Gasteiger partial charge in [0.2, 0.25) is 0 Å². The maximum atomic E-state index is 5.99. The van der Waals surface area contributed by atoms with Gasteiger partial charge in [0, 0.05) is 37.8 Å². The third kappa shape index (κ3) is 5.70. The summed E-state index contributed by atoms with van der Waals surface area (Å²) in [6.45, 7) is 4.70. The monoisotopic (exact) mass is 501 g/mol.